The van der Waals surface area contributed by atoms with Crippen LogP contribution in [0.4, 0.5) is 0 Å². The van der Waals surface area contributed by atoms with Crippen LogP contribution in [0, 0.1) is 5.41 Å². The lowest BCUT2D eigenvalue weighted by Gasteiger charge is -2.16. The highest BCUT2D eigenvalue weighted by atomic mass is 32.1. The van der Waals surface area contributed by atoms with E-state index in [-0.39, 0.29) is 6.04 Å². The van der Waals surface area contributed by atoms with Crippen LogP contribution in [0.1, 0.15) is 37.1 Å². The number of rotatable bonds is 6. The minimum absolute atomic E-state index is 0.164. The summed E-state index contributed by atoms with van der Waals surface area (Å²) in [4.78, 5) is 1.28. The van der Waals surface area contributed by atoms with Crippen molar-refractivity contribution in [1.29, 1.82) is 0 Å². The van der Waals surface area contributed by atoms with Gasteiger partial charge in [-0.1, -0.05) is 13.0 Å². The molecule has 1 aromatic rings. The predicted octanol–water partition coefficient (Wildman–Crippen LogP) is 2.53. The van der Waals surface area contributed by atoms with Gasteiger partial charge in [-0.05, 0) is 36.1 Å². The summed E-state index contributed by atoms with van der Waals surface area (Å²) < 4.78 is 0. The maximum Gasteiger partial charge on any atom is 0.0516 e. The molecule has 1 unspecified atom stereocenters. The normalized spacial score (nSPS) is 20.1. The third-order valence-corrected chi connectivity index (χ3v) is 4.48. The zero-order chi connectivity index (χ0) is 10.7. The van der Waals surface area contributed by atoms with Crippen LogP contribution < -0.4 is 11.1 Å². The molecule has 3 N–H and O–H groups in total. The average molecular weight is 224 g/mol. The summed E-state index contributed by atoms with van der Waals surface area (Å²) in [7, 11) is 0. The smallest absolute Gasteiger partial charge is 0.0516 e. The molecule has 0 amide bonds. The molecule has 1 saturated carbocycles. The maximum atomic E-state index is 6.08. The molecular formula is C12H20N2S. The molecule has 0 aliphatic heterocycles. The van der Waals surface area contributed by atoms with E-state index in [4.69, 9.17) is 5.73 Å². The zero-order valence-electron chi connectivity index (χ0n) is 9.33. The Morgan fingerprint density at radius 1 is 1.60 bits per heavy atom. The Bertz CT molecular complexity index is 291. The second-order valence-electron chi connectivity index (χ2n) is 4.61. The van der Waals surface area contributed by atoms with Crippen molar-refractivity contribution in [2.45, 2.75) is 32.2 Å². The van der Waals surface area contributed by atoms with E-state index in [1.807, 2.05) is 0 Å². The minimum atomic E-state index is 0.164. The van der Waals surface area contributed by atoms with Crippen LogP contribution in [-0.2, 0) is 0 Å². The quantitative estimate of drug-likeness (QED) is 0.779. The summed E-state index contributed by atoms with van der Waals surface area (Å²) in [6.07, 6.45) is 4.09. The second-order valence-corrected chi connectivity index (χ2v) is 5.59. The number of nitrogens with one attached hydrogen (secondary N) is 1. The van der Waals surface area contributed by atoms with E-state index in [1.165, 1.54) is 24.1 Å². The molecule has 0 radical (unpaired) electrons. The molecule has 84 valence electrons. The van der Waals surface area contributed by atoms with Gasteiger partial charge in [-0.15, -0.1) is 11.3 Å². The standard InChI is InChI=1S/C12H20N2S/c1-2-12(5-6-12)9-14-8-10(13)11-4-3-7-15-11/h3-4,7,10,14H,2,5-6,8-9,13H2,1H3. The fourth-order valence-electron chi connectivity index (χ4n) is 1.93. The van der Waals surface area contributed by atoms with Gasteiger partial charge in [0.2, 0.25) is 0 Å². The van der Waals surface area contributed by atoms with E-state index in [0.29, 0.717) is 5.41 Å². The molecule has 0 saturated heterocycles. The molecule has 3 heteroatoms. The van der Waals surface area contributed by atoms with Gasteiger partial charge in [-0.3, -0.25) is 0 Å². The van der Waals surface area contributed by atoms with Crippen LogP contribution >= 0.6 is 11.3 Å². The van der Waals surface area contributed by atoms with Gasteiger partial charge in [-0.25, -0.2) is 0 Å². The van der Waals surface area contributed by atoms with Crippen LogP contribution in [0.25, 0.3) is 0 Å². The van der Waals surface area contributed by atoms with Crippen LogP contribution in [0.3, 0.4) is 0 Å². The number of thiophene rings is 1. The lowest BCUT2D eigenvalue weighted by atomic mass is 10.0. The molecule has 0 aromatic carbocycles. The zero-order valence-corrected chi connectivity index (χ0v) is 10.1. The van der Waals surface area contributed by atoms with Gasteiger partial charge in [0.1, 0.15) is 0 Å². The van der Waals surface area contributed by atoms with Gasteiger partial charge in [0.15, 0.2) is 0 Å². The molecule has 1 fully saturated rings. The molecule has 1 heterocycles. The summed E-state index contributed by atoms with van der Waals surface area (Å²) >= 11 is 1.75. The number of nitrogens with two attached hydrogens (primary N) is 1. The van der Waals surface area contributed by atoms with Crippen LogP contribution in [0.2, 0.25) is 0 Å². The fourth-order valence-corrected chi connectivity index (χ4v) is 2.66. The van der Waals surface area contributed by atoms with E-state index in [9.17, 15) is 0 Å². The summed E-state index contributed by atoms with van der Waals surface area (Å²) in [6, 6.07) is 4.34. The van der Waals surface area contributed by atoms with E-state index in [2.05, 4.69) is 29.8 Å². The van der Waals surface area contributed by atoms with Crippen molar-refractivity contribution in [3.63, 3.8) is 0 Å². The molecule has 2 rings (SSSR count). The first-order chi connectivity index (χ1) is 7.26. The molecule has 1 atom stereocenters. The fraction of sp³-hybridized carbons (Fsp3) is 0.667. The van der Waals surface area contributed by atoms with Crippen molar-refractivity contribution >= 4 is 11.3 Å². The lowest BCUT2D eigenvalue weighted by Crippen LogP contribution is -2.31. The van der Waals surface area contributed by atoms with E-state index in [0.717, 1.165) is 13.1 Å². The van der Waals surface area contributed by atoms with Crippen LogP contribution in [0.15, 0.2) is 17.5 Å². The Labute approximate surface area is 95.9 Å². The highest BCUT2D eigenvalue weighted by molar-refractivity contribution is 7.10. The van der Waals surface area contributed by atoms with Gasteiger partial charge in [0.25, 0.3) is 0 Å². The summed E-state index contributed by atoms with van der Waals surface area (Å²) in [6.45, 7) is 4.33. The van der Waals surface area contributed by atoms with Crippen molar-refractivity contribution in [3.8, 4) is 0 Å². The Hall–Kier alpha value is -0.380. The largest absolute Gasteiger partial charge is 0.322 e. The van der Waals surface area contributed by atoms with Crippen molar-refractivity contribution < 1.29 is 0 Å². The molecule has 15 heavy (non-hydrogen) atoms. The van der Waals surface area contributed by atoms with Gasteiger partial charge in [0, 0.05) is 18.0 Å². The van der Waals surface area contributed by atoms with Crippen LogP contribution in [-0.4, -0.2) is 13.1 Å². The van der Waals surface area contributed by atoms with Gasteiger partial charge in [-0.2, -0.15) is 0 Å². The van der Waals surface area contributed by atoms with Crippen LogP contribution in [0.5, 0.6) is 0 Å². The first-order valence-corrected chi connectivity index (χ1v) is 6.63. The highest BCUT2D eigenvalue weighted by Gasteiger charge is 2.39. The number of hydrogen-bond donors (Lipinski definition) is 2. The SMILES string of the molecule is CCC1(CNCC(N)c2cccs2)CC1. The molecular weight excluding hydrogens is 204 g/mol. The Kier molecular flexibility index (Phi) is 3.44. The first kappa shape index (κ1) is 11.1. The number of hydrogen-bond acceptors (Lipinski definition) is 3. The molecule has 2 nitrogen and oxygen atoms in total. The van der Waals surface area contributed by atoms with E-state index >= 15 is 0 Å². The third-order valence-electron chi connectivity index (χ3n) is 3.48. The Morgan fingerprint density at radius 2 is 2.40 bits per heavy atom. The van der Waals surface area contributed by atoms with Crippen molar-refractivity contribution in [1.82, 2.24) is 5.32 Å². The van der Waals surface area contributed by atoms with Crippen molar-refractivity contribution in [3.05, 3.63) is 22.4 Å². The highest BCUT2D eigenvalue weighted by Crippen LogP contribution is 2.47. The molecule has 0 bridgehead atoms. The topological polar surface area (TPSA) is 38.0 Å². The monoisotopic (exact) mass is 224 g/mol. The first-order valence-electron chi connectivity index (χ1n) is 5.75. The predicted molar refractivity (Wildman–Crippen MR) is 66.1 cm³/mol. The molecule has 1 aliphatic rings. The molecule has 1 aliphatic carbocycles. The second kappa shape index (κ2) is 4.64. The average Bonchev–Trinajstić information content (AvgIpc) is 2.81. The van der Waals surface area contributed by atoms with E-state index in [1.54, 1.807) is 11.3 Å². The lowest BCUT2D eigenvalue weighted by molar-refractivity contribution is 0.434. The Morgan fingerprint density at radius 3 is 2.93 bits per heavy atom. The third kappa shape index (κ3) is 2.80. The molecule has 1 aromatic heterocycles. The summed E-state index contributed by atoms with van der Waals surface area (Å²) in [5, 5.41) is 5.60. The minimum Gasteiger partial charge on any atom is -0.322 e. The molecule has 0 spiro atoms. The summed E-state index contributed by atoms with van der Waals surface area (Å²) in [5.74, 6) is 0. The summed E-state index contributed by atoms with van der Waals surface area (Å²) in [5.41, 5.74) is 6.70. The van der Waals surface area contributed by atoms with Gasteiger partial charge >= 0.3 is 0 Å². The Balaban J connectivity index is 1.70. The van der Waals surface area contributed by atoms with Gasteiger partial charge in [0.05, 0.1) is 6.04 Å². The maximum absolute atomic E-state index is 6.08. The van der Waals surface area contributed by atoms with E-state index < -0.39 is 0 Å². The van der Waals surface area contributed by atoms with Crippen molar-refractivity contribution in [2.75, 3.05) is 13.1 Å². The van der Waals surface area contributed by atoms with Crippen molar-refractivity contribution in [2.24, 2.45) is 11.1 Å². The van der Waals surface area contributed by atoms with Gasteiger partial charge < -0.3 is 11.1 Å².